The maximum absolute atomic E-state index is 2.28. The van der Waals surface area contributed by atoms with E-state index in [2.05, 4.69) is 69.3 Å². The average Bonchev–Trinajstić information content (AvgIpc) is 2.34. The lowest BCUT2D eigenvalue weighted by Crippen LogP contribution is -2.08. The van der Waals surface area contributed by atoms with Crippen LogP contribution >= 0.6 is 0 Å². The van der Waals surface area contributed by atoms with Gasteiger partial charge in [0, 0.05) is 0 Å². The van der Waals surface area contributed by atoms with Gasteiger partial charge < -0.3 is 0 Å². The van der Waals surface area contributed by atoms with Crippen LogP contribution in [0.15, 0.2) is 48.5 Å². The highest BCUT2D eigenvalue weighted by Crippen LogP contribution is 2.36. The Morgan fingerprint density at radius 2 is 1.00 bits per heavy atom. The van der Waals surface area contributed by atoms with Crippen molar-refractivity contribution in [3.05, 3.63) is 70.8 Å². The van der Waals surface area contributed by atoms with Crippen LogP contribution in [0.2, 0.25) is 0 Å². The zero-order valence-electron chi connectivity index (χ0n) is 12.3. The van der Waals surface area contributed by atoms with Gasteiger partial charge in [-0.2, -0.15) is 0 Å². The Morgan fingerprint density at radius 1 is 0.632 bits per heavy atom. The molecule has 0 aromatic heterocycles. The molecule has 2 aromatic rings. The lowest BCUT2D eigenvalue weighted by Gasteiger charge is -2.25. The van der Waals surface area contributed by atoms with Crippen molar-refractivity contribution in [1.29, 1.82) is 0 Å². The molecule has 1 aliphatic rings. The predicted molar refractivity (Wildman–Crippen MR) is 83.7 cm³/mol. The lowest BCUT2D eigenvalue weighted by molar-refractivity contribution is 0.420. The summed E-state index contributed by atoms with van der Waals surface area (Å²) in [6.45, 7) is 6.34. The van der Waals surface area contributed by atoms with Crippen LogP contribution in [-0.4, -0.2) is 0 Å². The minimum absolute atomic E-state index is 0.885. The van der Waals surface area contributed by atoms with E-state index in [-0.39, 0.29) is 0 Å². The molecule has 0 aliphatic heterocycles. The maximum atomic E-state index is 2.28. The third kappa shape index (κ3) is 4.24. The zero-order valence-corrected chi connectivity index (χ0v) is 12.3. The summed E-state index contributed by atoms with van der Waals surface area (Å²) in [5, 5.41) is 0. The summed E-state index contributed by atoms with van der Waals surface area (Å²) < 4.78 is 0. The molecule has 0 atom stereocenters. The molecule has 0 N–H and O–H groups in total. The first-order chi connectivity index (χ1) is 9.15. The number of hydrogen-bond acceptors (Lipinski definition) is 0. The minimum atomic E-state index is 0.885. The van der Waals surface area contributed by atoms with Gasteiger partial charge in [-0.15, -0.1) is 0 Å². The molecule has 1 aliphatic carbocycles. The summed E-state index contributed by atoms with van der Waals surface area (Å²) >= 11 is 0. The average molecular weight is 252 g/mol. The summed E-state index contributed by atoms with van der Waals surface area (Å²) in [6, 6.07) is 17.5. The van der Waals surface area contributed by atoms with Crippen LogP contribution in [0.25, 0.3) is 0 Å². The van der Waals surface area contributed by atoms with Crippen molar-refractivity contribution < 1.29 is 0 Å². The third-order valence-corrected chi connectivity index (χ3v) is 3.87. The number of benzene rings is 2. The van der Waals surface area contributed by atoms with E-state index in [1.807, 2.05) is 0 Å². The Hall–Kier alpha value is -1.56. The fraction of sp³-hybridized carbons (Fsp3) is 0.368. The Labute approximate surface area is 117 Å². The SMILES string of the molecule is Cc1ccc(C)cc1.Cc1ccc(C2CCC2)cc1. The lowest BCUT2D eigenvalue weighted by atomic mass is 9.80. The van der Waals surface area contributed by atoms with Crippen LogP contribution < -0.4 is 0 Å². The molecular weight excluding hydrogens is 228 g/mol. The Kier molecular flexibility index (Phi) is 4.79. The van der Waals surface area contributed by atoms with Gasteiger partial charge in [0.1, 0.15) is 0 Å². The van der Waals surface area contributed by atoms with Crippen LogP contribution in [0.1, 0.15) is 47.4 Å². The molecule has 0 heterocycles. The molecule has 0 spiro atoms. The van der Waals surface area contributed by atoms with Gasteiger partial charge in [-0.05, 0) is 45.1 Å². The van der Waals surface area contributed by atoms with Gasteiger partial charge in [0.15, 0.2) is 0 Å². The molecule has 2 aromatic carbocycles. The Morgan fingerprint density at radius 3 is 1.32 bits per heavy atom. The molecule has 1 saturated carbocycles. The van der Waals surface area contributed by atoms with E-state index in [0.29, 0.717) is 0 Å². The summed E-state index contributed by atoms with van der Waals surface area (Å²) in [5.74, 6) is 0.885. The molecule has 0 radical (unpaired) electrons. The van der Waals surface area contributed by atoms with E-state index in [0.717, 1.165) is 5.92 Å². The first-order valence-electron chi connectivity index (χ1n) is 7.25. The quantitative estimate of drug-likeness (QED) is 0.622. The predicted octanol–water partition coefficient (Wildman–Crippen LogP) is 5.57. The van der Waals surface area contributed by atoms with Crippen molar-refractivity contribution in [3.63, 3.8) is 0 Å². The first kappa shape index (κ1) is 13.9. The largest absolute Gasteiger partial charge is 0.0591 e. The van der Waals surface area contributed by atoms with Crippen LogP contribution in [-0.2, 0) is 0 Å². The fourth-order valence-corrected chi connectivity index (χ4v) is 2.22. The first-order valence-corrected chi connectivity index (χ1v) is 7.25. The van der Waals surface area contributed by atoms with Crippen molar-refractivity contribution in [2.75, 3.05) is 0 Å². The molecule has 0 nitrogen and oxygen atoms in total. The zero-order chi connectivity index (χ0) is 13.7. The molecule has 0 unspecified atom stereocenters. The number of rotatable bonds is 1. The molecular formula is C19H24. The third-order valence-electron chi connectivity index (χ3n) is 3.87. The smallest absolute Gasteiger partial charge is 0.0162 e. The molecule has 19 heavy (non-hydrogen) atoms. The molecule has 0 saturated heterocycles. The van der Waals surface area contributed by atoms with E-state index in [1.54, 1.807) is 5.56 Å². The molecule has 1 fully saturated rings. The van der Waals surface area contributed by atoms with Crippen molar-refractivity contribution >= 4 is 0 Å². The van der Waals surface area contributed by atoms with E-state index < -0.39 is 0 Å². The van der Waals surface area contributed by atoms with Gasteiger partial charge in [-0.25, -0.2) is 0 Å². The number of aryl methyl sites for hydroxylation is 3. The van der Waals surface area contributed by atoms with E-state index >= 15 is 0 Å². The number of hydrogen-bond donors (Lipinski definition) is 0. The molecule has 0 bridgehead atoms. The van der Waals surface area contributed by atoms with Crippen LogP contribution in [0.3, 0.4) is 0 Å². The highest BCUT2D eigenvalue weighted by molar-refractivity contribution is 5.25. The Bertz CT molecular complexity index is 466. The van der Waals surface area contributed by atoms with Gasteiger partial charge in [0.05, 0.1) is 0 Å². The summed E-state index contributed by atoms with van der Waals surface area (Å²) in [7, 11) is 0. The second-order valence-electron chi connectivity index (χ2n) is 5.69. The van der Waals surface area contributed by atoms with E-state index in [9.17, 15) is 0 Å². The van der Waals surface area contributed by atoms with Crippen molar-refractivity contribution in [3.8, 4) is 0 Å². The summed E-state index contributed by atoms with van der Waals surface area (Å²) in [6.07, 6.45) is 4.24. The molecule has 0 heteroatoms. The van der Waals surface area contributed by atoms with Crippen LogP contribution in [0, 0.1) is 20.8 Å². The standard InChI is InChI=1S/C11H14.C8H10/c1-9-5-7-11(8-6-9)10-3-2-4-10;1-7-3-5-8(2)6-4-7/h5-8,10H,2-4H2,1H3;3-6H,1-2H3. The van der Waals surface area contributed by atoms with Crippen LogP contribution in [0.5, 0.6) is 0 Å². The highest BCUT2D eigenvalue weighted by atomic mass is 14.2. The summed E-state index contributed by atoms with van der Waals surface area (Å²) in [5.41, 5.74) is 5.57. The van der Waals surface area contributed by atoms with Crippen molar-refractivity contribution in [2.45, 2.75) is 46.0 Å². The minimum Gasteiger partial charge on any atom is -0.0591 e. The van der Waals surface area contributed by atoms with E-state index in [4.69, 9.17) is 0 Å². The monoisotopic (exact) mass is 252 g/mol. The van der Waals surface area contributed by atoms with E-state index in [1.165, 1.54) is 36.0 Å². The van der Waals surface area contributed by atoms with Gasteiger partial charge in [-0.1, -0.05) is 71.6 Å². The Balaban J connectivity index is 0.000000148. The van der Waals surface area contributed by atoms with Gasteiger partial charge in [-0.3, -0.25) is 0 Å². The fourth-order valence-electron chi connectivity index (χ4n) is 2.22. The van der Waals surface area contributed by atoms with Crippen molar-refractivity contribution in [1.82, 2.24) is 0 Å². The van der Waals surface area contributed by atoms with Gasteiger partial charge >= 0.3 is 0 Å². The second-order valence-corrected chi connectivity index (χ2v) is 5.69. The topological polar surface area (TPSA) is 0 Å². The van der Waals surface area contributed by atoms with Crippen molar-refractivity contribution in [2.24, 2.45) is 0 Å². The van der Waals surface area contributed by atoms with Gasteiger partial charge in [0.25, 0.3) is 0 Å². The molecule has 100 valence electrons. The van der Waals surface area contributed by atoms with Crippen LogP contribution in [0.4, 0.5) is 0 Å². The second kappa shape index (κ2) is 6.56. The normalized spacial score (nSPS) is 14.3. The molecule has 3 rings (SSSR count). The highest BCUT2D eigenvalue weighted by Gasteiger charge is 2.18. The molecule has 0 amide bonds. The van der Waals surface area contributed by atoms with Gasteiger partial charge in [0.2, 0.25) is 0 Å². The summed E-state index contributed by atoms with van der Waals surface area (Å²) in [4.78, 5) is 0. The maximum Gasteiger partial charge on any atom is -0.0162 e.